The summed E-state index contributed by atoms with van der Waals surface area (Å²) in [5, 5.41) is 2.97. The summed E-state index contributed by atoms with van der Waals surface area (Å²) < 4.78 is 0. The number of anilines is 1. The Morgan fingerprint density at radius 1 is 0.885 bits per heavy atom. The number of amides is 1. The molecule has 26 heavy (non-hydrogen) atoms. The highest BCUT2D eigenvalue weighted by Gasteiger charge is 2.15. The molecule has 0 aliphatic heterocycles. The van der Waals surface area contributed by atoms with Crippen LogP contribution in [0.15, 0.2) is 94.7 Å². The highest BCUT2D eigenvalue weighted by Crippen LogP contribution is 2.33. The normalized spacial score (nSPS) is 11.7. The van der Waals surface area contributed by atoms with E-state index in [1.54, 1.807) is 23.5 Å². The lowest BCUT2D eigenvalue weighted by Crippen LogP contribution is -2.22. The first-order chi connectivity index (χ1) is 12.7. The van der Waals surface area contributed by atoms with Crippen LogP contribution < -0.4 is 5.32 Å². The topological polar surface area (TPSA) is 29.1 Å². The van der Waals surface area contributed by atoms with Crippen LogP contribution in [0.5, 0.6) is 0 Å². The summed E-state index contributed by atoms with van der Waals surface area (Å²) in [6.07, 6.45) is 0. The van der Waals surface area contributed by atoms with Gasteiger partial charge < -0.3 is 5.32 Å². The van der Waals surface area contributed by atoms with Crippen LogP contribution in [-0.2, 0) is 10.5 Å². The van der Waals surface area contributed by atoms with Crippen molar-refractivity contribution >= 4 is 35.1 Å². The highest BCUT2D eigenvalue weighted by molar-refractivity contribution is 8.00. The zero-order valence-electron chi connectivity index (χ0n) is 14.6. The molecule has 0 unspecified atom stereocenters. The van der Waals surface area contributed by atoms with Gasteiger partial charge in [-0.2, -0.15) is 0 Å². The van der Waals surface area contributed by atoms with Gasteiger partial charge in [-0.3, -0.25) is 4.79 Å². The zero-order valence-corrected chi connectivity index (χ0v) is 16.2. The number of carbonyl (C=O) groups is 1. The standard InChI is InChI=1S/C22H21NOS2/c1-17(25-16-18-10-4-2-5-11-18)22(24)23-20-14-8-9-15-21(20)26-19-12-6-3-7-13-19/h2-15,17H,16H2,1H3,(H,23,24)/t17-/m1/s1. The first-order valence-corrected chi connectivity index (χ1v) is 10.4. The minimum atomic E-state index is -0.120. The summed E-state index contributed by atoms with van der Waals surface area (Å²) in [6, 6.07) is 28.4. The Bertz CT molecular complexity index is 837. The van der Waals surface area contributed by atoms with Crippen LogP contribution in [0, 0.1) is 0 Å². The molecule has 0 aliphatic carbocycles. The maximum Gasteiger partial charge on any atom is 0.237 e. The van der Waals surface area contributed by atoms with Crippen molar-refractivity contribution in [2.24, 2.45) is 0 Å². The van der Waals surface area contributed by atoms with E-state index in [1.807, 2.05) is 67.6 Å². The van der Waals surface area contributed by atoms with Gasteiger partial charge in [-0.25, -0.2) is 0 Å². The van der Waals surface area contributed by atoms with Gasteiger partial charge >= 0.3 is 0 Å². The average molecular weight is 380 g/mol. The van der Waals surface area contributed by atoms with E-state index in [0.29, 0.717) is 0 Å². The lowest BCUT2D eigenvalue weighted by atomic mass is 10.2. The Balaban J connectivity index is 1.62. The van der Waals surface area contributed by atoms with Gasteiger partial charge in [0.15, 0.2) is 0 Å². The van der Waals surface area contributed by atoms with E-state index >= 15 is 0 Å². The molecule has 0 aromatic heterocycles. The Hall–Kier alpha value is -2.17. The van der Waals surface area contributed by atoms with Crippen LogP contribution in [0.1, 0.15) is 12.5 Å². The molecule has 0 aliphatic rings. The molecule has 132 valence electrons. The molecule has 1 atom stereocenters. The van der Waals surface area contributed by atoms with Crippen LogP contribution in [0.4, 0.5) is 5.69 Å². The van der Waals surface area contributed by atoms with E-state index < -0.39 is 0 Å². The van der Waals surface area contributed by atoms with Crippen molar-refractivity contribution in [2.75, 3.05) is 5.32 Å². The molecule has 4 heteroatoms. The van der Waals surface area contributed by atoms with E-state index in [4.69, 9.17) is 0 Å². The fourth-order valence-electron chi connectivity index (χ4n) is 2.38. The number of benzene rings is 3. The van der Waals surface area contributed by atoms with E-state index in [2.05, 4.69) is 29.6 Å². The largest absolute Gasteiger partial charge is 0.324 e. The minimum Gasteiger partial charge on any atom is -0.324 e. The molecular weight excluding hydrogens is 358 g/mol. The molecule has 3 rings (SSSR count). The lowest BCUT2D eigenvalue weighted by molar-refractivity contribution is -0.115. The fourth-order valence-corrected chi connectivity index (χ4v) is 4.15. The van der Waals surface area contributed by atoms with Crippen molar-refractivity contribution in [3.8, 4) is 0 Å². The first kappa shape index (κ1) is 18.6. The quantitative estimate of drug-likeness (QED) is 0.538. The lowest BCUT2D eigenvalue weighted by Gasteiger charge is -2.14. The van der Waals surface area contributed by atoms with E-state index in [9.17, 15) is 4.79 Å². The number of hydrogen-bond donors (Lipinski definition) is 1. The summed E-state index contributed by atoms with van der Waals surface area (Å²) in [5.41, 5.74) is 2.09. The van der Waals surface area contributed by atoms with Crippen molar-refractivity contribution in [3.05, 3.63) is 90.5 Å². The van der Waals surface area contributed by atoms with E-state index in [-0.39, 0.29) is 11.2 Å². The number of hydrogen-bond acceptors (Lipinski definition) is 3. The van der Waals surface area contributed by atoms with E-state index in [1.165, 1.54) is 5.56 Å². The molecule has 3 aromatic carbocycles. The molecule has 1 amide bonds. The van der Waals surface area contributed by atoms with Gasteiger partial charge in [-0.15, -0.1) is 11.8 Å². The molecular formula is C22H21NOS2. The molecule has 0 saturated heterocycles. The summed E-state index contributed by atoms with van der Waals surface area (Å²) in [5.74, 6) is 0.864. The van der Waals surface area contributed by atoms with Crippen molar-refractivity contribution in [1.29, 1.82) is 0 Å². The third-order valence-electron chi connectivity index (χ3n) is 3.83. The van der Waals surface area contributed by atoms with Gasteiger partial charge in [-0.1, -0.05) is 72.4 Å². The Labute approximate surface area is 163 Å². The second-order valence-corrected chi connectivity index (χ2v) is 8.28. The Morgan fingerprint density at radius 3 is 2.23 bits per heavy atom. The third kappa shape index (κ3) is 5.41. The van der Waals surface area contributed by atoms with Crippen LogP contribution in [0.2, 0.25) is 0 Å². The van der Waals surface area contributed by atoms with Crippen molar-refractivity contribution in [1.82, 2.24) is 0 Å². The molecule has 0 fully saturated rings. The Kier molecular flexibility index (Phi) is 6.81. The Morgan fingerprint density at radius 2 is 1.50 bits per heavy atom. The number of nitrogens with one attached hydrogen (secondary N) is 1. The fraction of sp³-hybridized carbons (Fsp3) is 0.136. The molecule has 0 bridgehead atoms. The van der Waals surface area contributed by atoms with Gasteiger partial charge in [0.25, 0.3) is 0 Å². The third-order valence-corrected chi connectivity index (χ3v) is 6.13. The number of rotatable bonds is 7. The van der Waals surface area contributed by atoms with Crippen LogP contribution in [0.25, 0.3) is 0 Å². The van der Waals surface area contributed by atoms with Crippen LogP contribution in [0.3, 0.4) is 0 Å². The number of carbonyl (C=O) groups excluding carboxylic acids is 1. The predicted molar refractivity (Wildman–Crippen MR) is 113 cm³/mol. The SMILES string of the molecule is C[C@@H](SCc1ccccc1)C(=O)Nc1ccccc1Sc1ccccc1. The minimum absolute atomic E-state index is 0.0343. The monoisotopic (exact) mass is 379 g/mol. The molecule has 0 spiro atoms. The summed E-state index contributed by atoms with van der Waals surface area (Å²) in [6.45, 7) is 1.95. The molecule has 0 saturated carbocycles. The summed E-state index contributed by atoms with van der Waals surface area (Å²) >= 11 is 3.30. The average Bonchev–Trinajstić information content (AvgIpc) is 2.69. The second-order valence-electron chi connectivity index (χ2n) is 5.84. The smallest absolute Gasteiger partial charge is 0.237 e. The number of para-hydroxylation sites is 1. The van der Waals surface area contributed by atoms with Crippen LogP contribution >= 0.6 is 23.5 Å². The molecule has 3 aromatic rings. The maximum atomic E-state index is 12.6. The summed E-state index contributed by atoms with van der Waals surface area (Å²) in [4.78, 5) is 14.8. The van der Waals surface area contributed by atoms with Gasteiger partial charge in [0, 0.05) is 15.5 Å². The molecule has 2 nitrogen and oxygen atoms in total. The van der Waals surface area contributed by atoms with E-state index in [0.717, 1.165) is 21.2 Å². The van der Waals surface area contributed by atoms with Gasteiger partial charge in [0.1, 0.15) is 0 Å². The van der Waals surface area contributed by atoms with Gasteiger partial charge in [0.05, 0.1) is 10.9 Å². The van der Waals surface area contributed by atoms with Crippen molar-refractivity contribution < 1.29 is 4.79 Å². The van der Waals surface area contributed by atoms with Crippen molar-refractivity contribution in [3.63, 3.8) is 0 Å². The molecule has 0 radical (unpaired) electrons. The molecule has 1 N–H and O–H groups in total. The summed E-state index contributed by atoms with van der Waals surface area (Å²) in [7, 11) is 0. The highest BCUT2D eigenvalue weighted by atomic mass is 32.2. The number of thioether (sulfide) groups is 1. The van der Waals surface area contributed by atoms with Crippen LogP contribution in [-0.4, -0.2) is 11.2 Å². The first-order valence-electron chi connectivity index (χ1n) is 8.51. The predicted octanol–water partition coefficient (Wildman–Crippen LogP) is 6.10. The van der Waals surface area contributed by atoms with Gasteiger partial charge in [0.2, 0.25) is 5.91 Å². The second kappa shape index (κ2) is 9.51. The molecule has 0 heterocycles. The zero-order chi connectivity index (χ0) is 18.2. The van der Waals surface area contributed by atoms with Crippen molar-refractivity contribution in [2.45, 2.75) is 27.7 Å². The maximum absolute atomic E-state index is 12.6. The van der Waals surface area contributed by atoms with Gasteiger partial charge in [-0.05, 0) is 36.8 Å².